The molecule has 2 aliphatic heterocycles. The zero-order valence-electron chi connectivity index (χ0n) is 18.4. The molecule has 2 amide bonds. The predicted octanol–water partition coefficient (Wildman–Crippen LogP) is 5.25. The van der Waals surface area contributed by atoms with Gasteiger partial charge in [0.25, 0.3) is 11.8 Å². The van der Waals surface area contributed by atoms with Gasteiger partial charge in [0, 0.05) is 28.4 Å². The molecule has 33 heavy (non-hydrogen) atoms. The highest BCUT2D eigenvalue weighted by molar-refractivity contribution is 8.01. The van der Waals surface area contributed by atoms with Crippen LogP contribution in [-0.2, 0) is 16.2 Å². The van der Waals surface area contributed by atoms with Crippen molar-refractivity contribution in [2.75, 3.05) is 24.3 Å². The van der Waals surface area contributed by atoms with Gasteiger partial charge in [-0.15, -0.1) is 11.8 Å². The van der Waals surface area contributed by atoms with Crippen LogP contribution < -0.4 is 9.64 Å². The fourth-order valence-electron chi connectivity index (χ4n) is 4.63. The summed E-state index contributed by atoms with van der Waals surface area (Å²) in [5.41, 5.74) is 3.91. The maximum atomic E-state index is 14.2. The van der Waals surface area contributed by atoms with Crippen LogP contribution in [0, 0.1) is 6.92 Å². The number of halogens is 1. The molecule has 0 N–H and O–H groups in total. The quantitative estimate of drug-likeness (QED) is 0.514. The molecule has 1 saturated heterocycles. The number of hydrogen-bond donors (Lipinski definition) is 0. The summed E-state index contributed by atoms with van der Waals surface area (Å²) >= 11 is 7.93. The number of aryl methyl sites for hydroxylation is 1. The Labute approximate surface area is 202 Å². The third kappa shape index (κ3) is 3.40. The van der Waals surface area contributed by atoms with Crippen LogP contribution in [0.15, 0.2) is 66.7 Å². The van der Waals surface area contributed by atoms with E-state index in [1.54, 1.807) is 16.9 Å². The number of amides is 2. The van der Waals surface area contributed by atoms with E-state index >= 15 is 0 Å². The fraction of sp³-hybridized carbons (Fsp3) is 0.231. The summed E-state index contributed by atoms with van der Waals surface area (Å²) in [5.74, 6) is 1.05. The molecule has 1 fully saturated rings. The van der Waals surface area contributed by atoms with Crippen molar-refractivity contribution in [3.05, 3.63) is 94.0 Å². The van der Waals surface area contributed by atoms with Gasteiger partial charge in [0.1, 0.15) is 5.75 Å². The standard InChI is InChI=1S/C26H23ClN2O3S/c1-17-7-3-5-9-20(17)24(30)29-13-14-33-26(29)21-15-19(32-2)11-12-23(21)28(25(26)31)16-18-8-4-6-10-22(18)27/h3-12,15H,13-14,16H2,1-2H3/t26-/m1/s1. The van der Waals surface area contributed by atoms with Crippen molar-refractivity contribution in [2.45, 2.75) is 18.3 Å². The smallest absolute Gasteiger partial charge is 0.268 e. The number of carbonyl (C=O) groups is 2. The first-order valence-corrected chi connectivity index (χ1v) is 12.1. The van der Waals surface area contributed by atoms with Crippen LogP contribution >= 0.6 is 23.4 Å². The molecule has 0 aromatic heterocycles. The van der Waals surface area contributed by atoms with Gasteiger partial charge < -0.3 is 14.5 Å². The summed E-state index contributed by atoms with van der Waals surface area (Å²) in [7, 11) is 1.60. The van der Waals surface area contributed by atoms with Gasteiger partial charge in [-0.3, -0.25) is 9.59 Å². The molecule has 5 nitrogen and oxygen atoms in total. The van der Waals surface area contributed by atoms with E-state index in [4.69, 9.17) is 16.3 Å². The molecule has 0 saturated carbocycles. The van der Waals surface area contributed by atoms with Gasteiger partial charge in [0.2, 0.25) is 0 Å². The Bertz CT molecular complexity index is 1260. The van der Waals surface area contributed by atoms with Crippen molar-refractivity contribution < 1.29 is 14.3 Å². The summed E-state index contributed by atoms with van der Waals surface area (Å²) in [6.07, 6.45) is 0. The maximum Gasteiger partial charge on any atom is 0.268 e. The lowest BCUT2D eigenvalue weighted by molar-refractivity contribution is -0.123. The largest absolute Gasteiger partial charge is 0.497 e. The number of methoxy groups -OCH3 is 1. The van der Waals surface area contributed by atoms with E-state index < -0.39 is 4.87 Å². The van der Waals surface area contributed by atoms with Crippen molar-refractivity contribution in [3.8, 4) is 5.75 Å². The van der Waals surface area contributed by atoms with Gasteiger partial charge >= 0.3 is 0 Å². The highest BCUT2D eigenvalue weighted by atomic mass is 35.5. The molecule has 3 aromatic carbocycles. The monoisotopic (exact) mass is 478 g/mol. The lowest BCUT2D eigenvalue weighted by atomic mass is 10.0. The molecule has 0 bridgehead atoms. The molecule has 1 spiro atoms. The van der Waals surface area contributed by atoms with Crippen LogP contribution in [-0.4, -0.2) is 36.1 Å². The van der Waals surface area contributed by atoms with Crippen LogP contribution in [0.4, 0.5) is 5.69 Å². The van der Waals surface area contributed by atoms with Crippen LogP contribution in [0.1, 0.15) is 27.0 Å². The van der Waals surface area contributed by atoms with E-state index in [0.717, 1.165) is 22.4 Å². The van der Waals surface area contributed by atoms with Crippen molar-refractivity contribution in [3.63, 3.8) is 0 Å². The molecular formula is C26H23ClN2O3S. The van der Waals surface area contributed by atoms with Gasteiger partial charge in [-0.2, -0.15) is 0 Å². The molecular weight excluding hydrogens is 456 g/mol. The first-order valence-electron chi connectivity index (χ1n) is 10.7. The fourth-order valence-corrected chi connectivity index (χ4v) is 6.28. The average molecular weight is 479 g/mol. The van der Waals surface area contributed by atoms with E-state index in [-0.39, 0.29) is 11.8 Å². The number of rotatable bonds is 4. The minimum absolute atomic E-state index is 0.130. The number of fused-ring (bicyclic) bond motifs is 2. The molecule has 2 heterocycles. The SMILES string of the molecule is COc1ccc2c(c1)[C@@]1(SCCN1C(=O)c1ccccc1C)C(=O)N2Cc1ccccc1Cl. The molecule has 3 aromatic rings. The molecule has 0 aliphatic carbocycles. The molecule has 5 rings (SSSR count). The zero-order valence-corrected chi connectivity index (χ0v) is 19.9. The van der Waals surface area contributed by atoms with Gasteiger partial charge in [-0.05, 0) is 48.4 Å². The first-order chi connectivity index (χ1) is 16.0. The van der Waals surface area contributed by atoms with Crippen molar-refractivity contribution in [1.29, 1.82) is 0 Å². The van der Waals surface area contributed by atoms with E-state index in [1.807, 2.05) is 73.7 Å². The highest BCUT2D eigenvalue weighted by Crippen LogP contribution is 2.55. The van der Waals surface area contributed by atoms with Gasteiger partial charge in [-0.25, -0.2) is 0 Å². The second-order valence-electron chi connectivity index (χ2n) is 8.13. The number of benzene rings is 3. The summed E-state index contributed by atoms with van der Waals surface area (Å²) in [5, 5.41) is 0.605. The van der Waals surface area contributed by atoms with Crippen LogP contribution in [0.5, 0.6) is 5.75 Å². The summed E-state index contributed by atoms with van der Waals surface area (Å²) in [4.78, 5) is 30.2. The number of ether oxygens (including phenoxy) is 1. The second kappa shape index (κ2) is 8.43. The van der Waals surface area contributed by atoms with Gasteiger partial charge in [-0.1, -0.05) is 48.0 Å². The zero-order chi connectivity index (χ0) is 23.2. The average Bonchev–Trinajstić information content (AvgIpc) is 3.37. The topological polar surface area (TPSA) is 49.9 Å². The van der Waals surface area contributed by atoms with Gasteiger partial charge in [0.15, 0.2) is 4.87 Å². The minimum Gasteiger partial charge on any atom is -0.497 e. The summed E-state index contributed by atoms with van der Waals surface area (Å²) < 4.78 is 5.49. The first kappa shape index (κ1) is 21.9. The predicted molar refractivity (Wildman–Crippen MR) is 132 cm³/mol. The highest BCUT2D eigenvalue weighted by Gasteiger charge is 2.59. The van der Waals surface area contributed by atoms with Crippen molar-refractivity contribution >= 4 is 40.9 Å². The maximum absolute atomic E-state index is 14.2. The summed E-state index contributed by atoms with van der Waals surface area (Å²) in [6.45, 7) is 2.73. The van der Waals surface area contributed by atoms with E-state index in [9.17, 15) is 9.59 Å². The number of thioether (sulfide) groups is 1. The Morgan fingerprint density at radius 1 is 1.12 bits per heavy atom. The minimum atomic E-state index is -1.13. The molecule has 7 heteroatoms. The van der Waals surface area contributed by atoms with Crippen molar-refractivity contribution in [1.82, 2.24) is 4.90 Å². The molecule has 2 aliphatic rings. The van der Waals surface area contributed by atoms with Crippen LogP contribution in [0.25, 0.3) is 0 Å². The van der Waals surface area contributed by atoms with Crippen molar-refractivity contribution in [2.24, 2.45) is 0 Å². The summed E-state index contributed by atoms with van der Waals surface area (Å²) in [6, 6.07) is 20.6. The molecule has 168 valence electrons. The Balaban J connectivity index is 1.64. The number of nitrogens with zero attached hydrogens (tertiary/aromatic N) is 2. The lowest BCUT2D eigenvalue weighted by Crippen LogP contribution is -2.50. The van der Waals surface area contributed by atoms with Gasteiger partial charge in [0.05, 0.1) is 19.3 Å². The van der Waals surface area contributed by atoms with Crippen LogP contribution in [0.2, 0.25) is 5.02 Å². The van der Waals surface area contributed by atoms with Crippen LogP contribution in [0.3, 0.4) is 0 Å². The Morgan fingerprint density at radius 2 is 1.88 bits per heavy atom. The Morgan fingerprint density at radius 3 is 2.64 bits per heavy atom. The van der Waals surface area contributed by atoms with E-state index in [0.29, 0.717) is 35.2 Å². The normalized spacial score (nSPS) is 19.3. The second-order valence-corrected chi connectivity index (χ2v) is 9.82. The number of anilines is 1. The lowest BCUT2D eigenvalue weighted by Gasteiger charge is -2.33. The third-order valence-corrected chi connectivity index (χ3v) is 8.10. The molecule has 1 atom stereocenters. The Kier molecular flexibility index (Phi) is 5.59. The third-order valence-electron chi connectivity index (χ3n) is 6.31. The molecule has 0 radical (unpaired) electrons. The Hall–Kier alpha value is -2.96. The number of hydrogen-bond acceptors (Lipinski definition) is 4. The van der Waals surface area contributed by atoms with E-state index in [1.165, 1.54) is 11.8 Å². The number of carbonyl (C=O) groups excluding carboxylic acids is 2. The molecule has 0 unspecified atom stereocenters. The van der Waals surface area contributed by atoms with E-state index in [2.05, 4.69) is 0 Å².